The van der Waals surface area contributed by atoms with E-state index in [-0.39, 0.29) is 6.54 Å². The summed E-state index contributed by atoms with van der Waals surface area (Å²) in [6, 6.07) is 6.62. The van der Waals surface area contributed by atoms with Crippen molar-refractivity contribution in [1.29, 1.82) is 0 Å². The molecule has 0 fully saturated rings. The molecule has 1 amide bonds. The third-order valence-corrected chi connectivity index (χ3v) is 2.45. The minimum Gasteiger partial charge on any atom is -0.494 e. The molecule has 0 atom stereocenters. The van der Waals surface area contributed by atoms with Crippen LogP contribution < -0.4 is 4.74 Å². The van der Waals surface area contributed by atoms with E-state index >= 15 is 0 Å². The minimum atomic E-state index is -1.10. The molecule has 0 unspecified atom stereocenters. The summed E-state index contributed by atoms with van der Waals surface area (Å²) in [5.74, 6) is 1.33. The Morgan fingerprint density at radius 1 is 1.45 bits per heavy atom. The fourth-order valence-electron chi connectivity index (χ4n) is 1.59. The van der Waals surface area contributed by atoms with Gasteiger partial charge in [-0.05, 0) is 24.6 Å². The molecule has 106 valence electrons. The highest BCUT2D eigenvalue weighted by Gasteiger charge is 2.18. The van der Waals surface area contributed by atoms with Crippen LogP contribution in [0.25, 0.3) is 0 Å². The summed E-state index contributed by atoms with van der Waals surface area (Å²) in [7, 11) is 0. The topological polar surface area (TPSA) is 66.8 Å². The third kappa shape index (κ3) is 4.65. The summed E-state index contributed by atoms with van der Waals surface area (Å²) in [6.07, 6.45) is 6.02. The predicted octanol–water partition coefficient (Wildman–Crippen LogP) is 1.64. The number of amides is 1. The fraction of sp³-hybridized carbons (Fsp3) is 0.333. The minimum absolute atomic E-state index is 0.0504. The van der Waals surface area contributed by atoms with E-state index in [1.807, 2.05) is 6.92 Å². The molecule has 20 heavy (non-hydrogen) atoms. The Balaban J connectivity index is 2.88. The molecular weight excluding hydrogens is 258 g/mol. The van der Waals surface area contributed by atoms with Gasteiger partial charge in [-0.3, -0.25) is 9.59 Å². The molecule has 1 aromatic rings. The lowest BCUT2D eigenvalue weighted by atomic mass is 10.2. The Morgan fingerprint density at radius 3 is 2.80 bits per heavy atom. The number of aliphatic carboxylic acids is 1. The zero-order valence-electron chi connectivity index (χ0n) is 11.3. The fourth-order valence-corrected chi connectivity index (χ4v) is 1.59. The first-order valence-corrected chi connectivity index (χ1v) is 6.25. The van der Waals surface area contributed by atoms with Gasteiger partial charge in [0.05, 0.1) is 13.2 Å². The summed E-state index contributed by atoms with van der Waals surface area (Å²) < 4.78 is 5.44. The van der Waals surface area contributed by atoms with E-state index in [2.05, 4.69) is 5.92 Å². The van der Waals surface area contributed by atoms with Gasteiger partial charge >= 0.3 is 5.97 Å². The monoisotopic (exact) mass is 275 g/mol. The second-order valence-corrected chi connectivity index (χ2v) is 4.14. The van der Waals surface area contributed by atoms with Gasteiger partial charge in [0, 0.05) is 5.56 Å². The summed E-state index contributed by atoms with van der Waals surface area (Å²) in [4.78, 5) is 24.0. The van der Waals surface area contributed by atoms with Gasteiger partial charge in [-0.1, -0.05) is 18.9 Å². The van der Waals surface area contributed by atoms with Gasteiger partial charge in [0.25, 0.3) is 5.91 Å². The van der Waals surface area contributed by atoms with Crippen LogP contribution in [-0.4, -0.2) is 41.6 Å². The quantitative estimate of drug-likeness (QED) is 0.768. The van der Waals surface area contributed by atoms with Crippen molar-refractivity contribution in [3.8, 4) is 18.1 Å². The molecule has 0 radical (unpaired) electrons. The highest BCUT2D eigenvalue weighted by Crippen LogP contribution is 2.15. The van der Waals surface area contributed by atoms with Crippen LogP contribution in [0.4, 0.5) is 0 Å². The largest absolute Gasteiger partial charge is 0.494 e. The predicted molar refractivity (Wildman–Crippen MR) is 74.6 cm³/mol. The van der Waals surface area contributed by atoms with Crippen molar-refractivity contribution in [2.45, 2.75) is 13.3 Å². The van der Waals surface area contributed by atoms with Crippen molar-refractivity contribution in [1.82, 2.24) is 4.90 Å². The van der Waals surface area contributed by atoms with Crippen LogP contribution in [0.2, 0.25) is 0 Å². The molecule has 0 saturated heterocycles. The SMILES string of the molecule is C#CCN(CC(=O)O)C(=O)c1cccc(OCCC)c1. The molecule has 1 N–H and O–H groups in total. The normalized spacial score (nSPS) is 9.60. The number of hydrogen-bond donors (Lipinski definition) is 1. The number of ether oxygens (including phenoxy) is 1. The highest BCUT2D eigenvalue weighted by molar-refractivity contribution is 5.96. The number of carboxylic acid groups (broad SMARTS) is 1. The lowest BCUT2D eigenvalue weighted by molar-refractivity contribution is -0.137. The molecule has 0 heterocycles. The van der Waals surface area contributed by atoms with Crippen LogP contribution in [0.15, 0.2) is 24.3 Å². The lowest BCUT2D eigenvalue weighted by Gasteiger charge is -2.18. The summed E-state index contributed by atoms with van der Waals surface area (Å²) >= 11 is 0. The molecule has 0 spiro atoms. The van der Waals surface area contributed by atoms with E-state index in [0.717, 1.165) is 11.3 Å². The van der Waals surface area contributed by atoms with Crippen LogP contribution >= 0.6 is 0 Å². The first kappa shape index (κ1) is 15.6. The van der Waals surface area contributed by atoms with Crippen molar-refractivity contribution >= 4 is 11.9 Å². The number of benzene rings is 1. The van der Waals surface area contributed by atoms with Gasteiger partial charge in [-0.25, -0.2) is 0 Å². The molecule has 1 rings (SSSR count). The molecule has 0 bridgehead atoms. The summed E-state index contributed by atoms with van der Waals surface area (Å²) in [5, 5.41) is 8.79. The van der Waals surface area contributed by atoms with Gasteiger partial charge in [0.1, 0.15) is 12.3 Å². The maximum Gasteiger partial charge on any atom is 0.323 e. The maximum atomic E-state index is 12.2. The number of nitrogens with zero attached hydrogens (tertiary/aromatic N) is 1. The van der Waals surface area contributed by atoms with Crippen LogP contribution in [0, 0.1) is 12.3 Å². The zero-order chi connectivity index (χ0) is 15.0. The smallest absolute Gasteiger partial charge is 0.323 e. The van der Waals surface area contributed by atoms with Crippen molar-refractivity contribution in [2.24, 2.45) is 0 Å². The summed E-state index contributed by atoms with van der Waals surface area (Å²) in [5.41, 5.74) is 0.357. The second-order valence-electron chi connectivity index (χ2n) is 4.14. The number of carboxylic acids is 1. The summed E-state index contributed by atoms with van der Waals surface area (Å²) in [6.45, 7) is 2.06. The molecule has 0 aliphatic heterocycles. The van der Waals surface area contributed by atoms with Crippen molar-refractivity contribution in [2.75, 3.05) is 19.7 Å². The van der Waals surface area contributed by atoms with E-state index in [4.69, 9.17) is 16.3 Å². The van der Waals surface area contributed by atoms with Crippen LogP contribution in [-0.2, 0) is 4.79 Å². The van der Waals surface area contributed by atoms with Gasteiger partial charge in [0.15, 0.2) is 0 Å². The van der Waals surface area contributed by atoms with Crippen molar-refractivity contribution in [3.63, 3.8) is 0 Å². The lowest BCUT2D eigenvalue weighted by Crippen LogP contribution is -2.35. The Morgan fingerprint density at radius 2 is 2.20 bits per heavy atom. The van der Waals surface area contributed by atoms with Gasteiger partial charge in [-0.2, -0.15) is 0 Å². The second kappa shape index (κ2) is 7.85. The Kier molecular flexibility index (Phi) is 6.11. The molecule has 0 aliphatic rings. The maximum absolute atomic E-state index is 12.2. The Bertz CT molecular complexity index is 519. The van der Waals surface area contributed by atoms with Gasteiger partial charge in [0.2, 0.25) is 0 Å². The van der Waals surface area contributed by atoms with E-state index < -0.39 is 18.4 Å². The number of rotatable bonds is 7. The number of hydrogen-bond acceptors (Lipinski definition) is 3. The van der Waals surface area contributed by atoms with Crippen LogP contribution in [0.3, 0.4) is 0 Å². The third-order valence-electron chi connectivity index (χ3n) is 2.45. The molecule has 5 heteroatoms. The average molecular weight is 275 g/mol. The van der Waals surface area contributed by atoms with E-state index in [9.17, 15) is 9.59 Å². The number of terminal acetylenes is 1. The first-order chi connectivity index (χ1) is 9.58. The van der Waals surface area contributed by atoms with E-state index in [1.54, 1.807) is 24.3 Å². The van der Waals surface area contributed by atoms with Crippen molar-refractivity contribution < 1.29 is 19.4 Å². The van der Waals surface area contributed by atoms with Crippen LogP contribution in [0.1, 0.15) is 23.7 Å². The van der Waals surface area contributed by atoms with Crippen molar-refractivity contribution in [3.05, 3.63) is 29.8 Å². The molecule has 0 aliphatic carbocycles. The van der Waals surface area contributed by atoms with Gasteiger partial charge < -0.3 is 14.7 Å². The highest BCUT2D eigenvalue weighted by atomic mass is 16.5. The molecule has 1 aromatic carbocycles. The molecule has 0 saturated carbocycles. The van der Waals surface area contributed by atoms with Gasteiger partial charge in [-0.15, -0.1) is 6.42 Å². The average Bonchev–Trinajstić information content (AvgIpc) is 2.43. The first-order valence-electron chi connectivity index (χ1n) is 6.25. The Labute approximate surface area is 118 Å². The van der Waals surface area contributed by atoms with Crippen LogP contribution in [0.5, 0.6) is 5.75 Å². The number of carbonyl (C=O) groups is 2. The number of carbonyl (C=O) groups excluding carboxylic acids is 1. The molecule has 0 aromatic heterocycles. The standard InChI is InChI=1S/C15H17NO4/c1-3-8-16(11-14(17)18)15(19)12-6-5-7-13(10-12)20-9-4-2/h1,5-7,10H,4,8-9,11H2,2H3,(H,17,18). The molecule has 5 nitrogen and oxygen atoms in total. The zero-order valence-corrected chi connectivity index (χ0v) is 11.3. The van der Waals surface area contributed by atoms with E-state index in [0.29, 0.717) is 17.9 Å². The Hall–Kier alpha value is -2.48. The molecular formula is C15H17NO4. The van der Waals surface area contributed by atoms with E-state index in [1.165, 1.54) is 0 Å².